The highest BCUT2D eigenvalue weighted by atomic mass is 127. The van der Waals surface area contributed by atoms with Crippen LogP contribution in [0.5, 0.6) is 0 Å². The average molecular weight is 394 g/mol. The summed E-state index contributed by atoms with van der Waals surface area (Å²) in [7, 11) is 1.76. The van der Waals surface area contributed by atoms with Crippen molar-refractivity contribution in [2.24, 2.45) is 0 Å². The first kappa shape index (κ1) is 15.1. The third kappa shape index (κ3) is 3.41. The number of halogens is 2. The van der Waals surface area contributed by atoms with Crippen LogP contribution in [-0.4, -0.2) is 35.1 Å². The number of hydrogen-bond donors (Lipinski definition) is 1. The van der Waals surface area contributed by atoms with Crippen LogP contribution in [0, 0.1) is 3.57 Å². The Morgan fingerprint density at radius 3 is 2.74 bits per heavy atom. The van der Waals surface area contributed by atoms with Crippen molar-refractivity contribution >= 4 is 40.1 Å². The molecule has 0 spiro atoms. The van der Waals surface area contributed by atoms with E-state index >= 15 is 0 Å². The summed E-state index contributed by atoms with van der Waals surface area (Å²) in [5.74, 6) is -0.0794. The van der Waals surface area contributed by atoms with Gasteiger partial charge >= 0.3 is 0 Å². The molecular weight excluding hydrogens is 377 g/mol. The second kappa shape index (κ2) is 6.41. The summed E-state index contributed by atoms with van der Waals surface area (Å²) in [6.07, 6.45) is 3.32. The van der Waals surface area contributed by atoms with E-state index in [2.05, 4.69) is 22.6 Å². The maximum Gasteiger partial charge on any atom is 0.253 e. The number of aliphatic hydroxyl groups is 1. The summed E-state index contributed by atoms with van der Waals surface area (Å²) < 4.78 is 0.927. The van der Waals surface area contributed by atoms with Crippen LogP contribution in [0.1, 0.15) is 36.0 Å². The first-order valence-electron chi connectivity index (χ1n) is 6.41. The molecule has 5 heteroatoms. The number of amides is 1. The second-order valence-corrected chi connectivity index (χ2v) is 6.53. The smallest absolute Gasteiger partial charge is 0.253 e. The Hall–Kier alpha value is -0.330. The van der Waals surface area contributed by atoms with Crippen LogP contribution in [-0.2, 0) is 0 Å². The zero-order chi connectivity index (χ0) is 14.0. The van der Waals surface area contributed by atoms with Gasteiger partial charge < -0.3 is 10.0 Å². The Morgan fingerprint density at radius 2 is 2.11 bits per heavy atom. The molecule has 1 aromatic rings. The van der Waals surface area contributed by atoms with Crippen molar-refractivity contribution in [2.75, 3.05) is 7.05 Å². The molecule has 1 aliphatic carbocycles. The van der Waals surface area contributed by atoms with Gasteiger partial charge in [0.25, 0.3) is 5.91 Å². The first-order chi connectivity index (χ1) is 9.00. The molecule has 1 amide bonds. The molecule has 1 aromatic carbocycles. The van der Waals surface area contributed by atoms with E-state index in [0.29, 0.717) is 10.6 Å². The summed E-state index contributed by atoms with van der Waals surface area (Å²) in [5.41, 5.74) is 0.575. The van der Waals surface area contributed by atoms with Crippen molar-refractivity contribution in [3.63, 3.8) is 0 Å². The molecule has 1 N–H and O–H groups in total. The predicted molar refractivity (Wildman–Crippen MR) is 84.5 cm³/mol. The van der Waals surface area contributed by atoms with Crippen molar-refractivity contribution in [1.82, 2.24) is 4.90 Å². The number of carbonyl (C=O) groups excluding carboxylic acids is 1. The molecule has 2 unspecified atom stereocenters. The van der Waals surface area contributed by atoms with Crippen LogP contribution in [0.4, 0.5) is 0 Å². The third-order valence-corrected chi connectivity index (χ3v) is 5.25. The monoisotopic (exact) mass is 393 g/mol. The molecular formula is C14H17ClINO2. The molecule has 1 saturated carbocycles. The molecule has 1 fully saturated rings. The van der Waals surface area contributed by atoms with Crippen molar-refractivity contribution < 1.29 is 9.90 Å². The lowest BCUT2D eigenvalue weighted by molar-refractivity contribution is 0.0268. The van der Waals surface area contributed by atoms with Crippen LogP contribution in [0.2, 0.25) is 5.02 Å². The Bertz CT molecular complexity index is 481. The minimum Gasteiger partial charge on any atom is -0.391 e. The Labute approximate surface area is 132 Å². The SMILES string of the molecule is CN(C(=O)c1ccc(I)c(Cl)c1)C1CCCCC1O. The zero-order valence-corrected chi connectivity index (χ0v) is 13.7. The van der Waals surface area contributed by atoms with Gasteiger partial charge in [-0.1, -0.05) is 24.4 Å². The minimum absolute atomic E-state index is 0.0794. The van der Waals surface area contributed by atoms with Crippen LogP contribution >= 0.6 is 34.2 Å². The number of nitrogens with zero attached hydrogens (tertiary/aromatic N) is 1. The quantitative estimate of drug-likeness (QED) is 0.783. The topological polar surface area (TPSA) is 40.5 Å². The number of likely N-dealkylation sites (N-methyl/N-ethyl adjacent to an activating group) is 1. The van der Waals surface area contributed by atoms with E-state index in [-0.39, 0.29) is 11.9 Å². The number of rotatable bonds is 2. The largest absolute Gasteiger partial charge is 0.391 e. The van der Waals surface area contributed by atoms with E-state index in [9.17, 15) is 9.90 Å². The minimum atomic E-state index is -0.415. The summed E-state index contributed by atoms with van der Waals surface area (Å²) in [4.78, 5) is 14.1. The van der Waals surface area contributed by atoms with Gasteiger partial charge in [-0.05, 0) is 53.6 Å². The van der Waals surface area contributed by atoms with E-state index in [1.165, 1.54) is 0 Å². The van der Waals surface area contributed by atoms with Crippen LogP contribution in [0.15, 0.2) is 18.2 Å². The molecule has 2 atom stereocenters. The summed E-state index contributed by atoms with van der Waals surface area (Å²) in [5, 5.41) is 10.6. The molecule has 0 aliphatic heterocycles. The third-order valence-electron chi connectivity index (χ3n) is 3.68. The molecule has 0 radical (unpaired) electrons. The van der Waals surface area contributed by atoms with E-state index in [0.717, 1.165) is 29.3 Å². The second-order valence-electron chi connectivity index (χ2n) is 4.96. The van der Waals surface area contributed by atoms with Crippen LogP contribution < -0.4 is 0 Å². The Kier molecular flexibility index (Phi) is 5.09. The Morgan fingerprint density at radius 1 is 1.42 bits per heavy atom. The van der Waals surface area contributed by atoms with Crippen LogP contribution in [0.3, 0.4) is 0 Å². The van der Waals surface area contributed by atoms with Gasteiger partial charge in [-0.3, -0.25) is 4.79 Å². The lowest BCUT2D eigenvalue weighted by Crippen LogP contribution is -2.46. The Balaban J connectivity index is 2.15. The van der Waals surface area contributed by atoms with E-state index < -0.39 is 6.10 Å². The van der Waals surface area contributed by atoms with Gasteiger partial charge in [0.15, 0.2) is 0 Å². The van der Waals surface area contributed by atoms with Crippen molar-refractivity contribution in [3.05, 3.63) is 32.4 Å². The van der Waals surface area contributed by atoms with Gasteiger partial charge in [0.05, 0.1) is 17.2 Å². The van der Waals surface area contributed by atoms with Gasteiger partial charge in [0.1, 0.15) is 0 Å². The predicted octanol–water partition coefficient (Wildman–Crippen LogP) is 3.32. The van der Waals surface area contributed by atoms with Gasteiger partial charge in [0, 0.05) is 16.2 Å². The molecule has 0 bridgehead atoms. The van der Waals surface area contributed by atoms with Gasteiger partial charge in [-0.25, -0.2) is 0 Å². The number of carbonyl (C=O) groups is 1. The maximum atomic E-state index is 12.4. The summed E-state index contributed by atoms with van der Waals surface area (Å²) in [6.45, 7) is 0. The van der Waals surface area contributed by atoms with Gasteiger partial charge in [0.2, 0.25) is 0 Å². The van der Waals surface area contributed by atoms with Crippen molar-refractivity contribution in [1.29, 1.82) is 0 Å². The number of aliphatic hydroxyl groups excluding tert-OH is 1. The van der Waals surface area contributed by atoms with Crippen molar-refractivity contribution in [3.8, 4) is 0 Å². The fourth-order valence-electron chi connectivity index (χ4n) is 2.53. The summed E-state index contributed by atoms with van der Waals surface area (Å²) in [6, 6.07) is 5.22. The molecule has 3 nitrogen and oxygen atoms in total. The van der Waals surface area contributed by atoms with Gasteiger partial charge in [-0.2, -0.15) is 0 Å². The first-order valence-corrected chi connectivity index (χ1v) is 7.86. The molecule has 0 heterocycles. The zero-order valence-electron chi connectivity index (χ0n) is 10.8. The van der Waals surface area contributed by atoms with Crippen molar-refractivity contribution in [2.45, 2.75) is 37.8 Å². The molecule has 1 aliphatic rings. The maximum absolute atomic E-state index is 12.4. The van der Waals surface area contributed by atoms with E-state index in [1.54, 1.807) is 24.1 Å². The highest BCUT2D eigenvalue weighted by Crippen LogP contribution is 2.25. The molecule has 0 saturated heterocycles. The fraction of sp³-hybridized carbons (Fsp3) is 0.500. The van der Waals surface area contributed by atoms with E-state index in [4.69, 9.17) is 11.6 Å². The number of hydrogen-bond acceptors (Lipinski definition) is 2. The fourth-order valence-corrected chi connectivity index (χ4v) is 3.04. The lowest BCUT2D eigenvalue weighted by Gasteiger charge is -2.35. The average Bonchev–Trinajstić information content (AvgIpc) is 2.41. The standard InChI is InChI=1S/C14H17ClINO2/c1-17(12-4-2-3-5-13(12)18)14(19)9-6-7-11(16)10(15)8-9/h6-8,12-13,18H,2-5H2,1H3. The molecule has 2 rings (SSSR count). The molecule has 0 aromatic heterocycles. The molecule has 19 heavy (non-hydrogen) atoms. The lowest BCUT2D eigenvalue weighted by atomic mass is 9.91. The summed E-state index contributed by atoms with van der Waals surface area (Å²) >= 11 is 8.18. The highest BCUT2D eigenvalue weighted by molar-refractivity contribution is 14.1. The number of benzene rings is 1. The normalized spacial score (nSPS) is 23.2. The van der Waals surface area contributed by atoms with E-state index in [1.807, 2.05) is 6.07 Å². The highest BCUT2D eigenvalue weighted by Gasteiger charge is 2.29. The molecule has 104 valence electrons. The van der Waals surface area contributed by atoms with Crippen LogP contribution in [0.25, 0.3) is 0 Å². The van der Waals surface area contributed by atoms with Gasteiger partial charge in [-0.15, -0.1) is 0 Å².